The van der Waals surface area contributed by atoms with Gasteiger partial charge in [-0.3, -0.25) is 4.79 Å². The molecule has 63 valence electrons. The molecule has 13 heavy (non-hydrogen) atoms. The molecule has 4 nitrogen and oxygen atoms in total. The van der Waals surface area contributed by atoms with Crippen LogP contribution in [0.2, 0.25) is 0 Å². The predicted molar refractivity (Wildman–Crippen MR) is 48.9 cm³/mol. The number of hydrogen-bond donors (Lipinski definition) is 1. The molecule has 0 saturated heterocycles. The zero-order valence-corrected chi connectivity index (χ0v) is 6.69. The largest absolute Gasteiger partial charge is 0.315 e. The molecule has 2 aromatic rings. The van der Waals surface area contributed by atoms with Crippen LogP contribution < -0.4 is 5.32 Å². The summed E-state index contributed by atoms with van der Waals surface area (Å²) in [5, 5.41) is 10.9. The van der Waals surface area contributed by atoms with E-state index in [1.54, 1.807) is 12.5 Å². The number of rotatable bonds is 2. The van der Waals surface area contributed by atoms with Gasteiger partial charge in [0.15, 0.2) is 5.82 Å². The first-order valence-electron chi connectivity index (χ1n) is 3.76. The number of benzene rings is 1. The second-order valence-corrected chi connectivity index (χ2v) is 2.52. The minimum absolute atomic E-state index is 0.411. The average molecular weight is 172 g/mol. The molecule has 0 bridgehead atoms. The summed E-state index contributed by atoms with van der Waals surface area (Å²) >= 11 is 0. The van der Waals surface area contributed by atoms with E-state index in [1.165, 1.54) is 0 Å². The van der Waals surface area contributed by atoms with E-state index in [2.05, 4.69) is 15.5 Å². The van der Waals surface area contributed by atoms with Crippen LogP contribution in [-0.2, 0) is 4.79 Å². The van der Waals surface area contributed by atoms with Gasteiger partial charge in [-0.2, -0.15) is 0 Å². The molecule has 1 aromatic carbocycles. The summed E-state index contributed by atoms with van der Waals surface area (Å²) in [6.07, 6.45) is 1.55. The van der Waals surface area contributed by atoms with Crippen molar-refractivity contribution in [1.29, 1.82) is 0 Å². The van der Waals surface area contributed by atoms with Crippen molar-refractivity contribution in [3.8, 4) is 0 Å². The van der Waals surface area contributed by atoms with Gasteiger partial charge in [-0.25, -0.2) is 0 Å². The highest BCUT2D eigenvalue weighted by molar-refractivity contribution is 5.82. The molecule has 0 unspecified atom stereocenters. The summed E-state index contributed by atoms with van der Waals surface area (Å²) in [5.41, 5.74) is 0.805. The first kappa shape index (κ1) is 7.67. The Morgan fingerprint density at radius 1 is 1.23 bits per heavy atom. The van der Waals surface area contributed by atoms with Gasteiger partial charge >= 0.3 is 6.41 Å². The summed E-state index contributed by atoms with van der Waals surface area (Å²) in [6.45, 7) is 0. The van der Waals surface area contributed by atoms with E-state index >= 15 is 0 Å². The van der Waals surface area contributed by atoms with Crippen molar-refractivity contribution < 1.29 is 4.79 Å². The van der Waals surface area contributed by atoms with Crippen molar-refractivity contribution in [3.05, 3.63) is 30.3 Å². The highest BCUT2D eigenvalue weighted by Crippen LogP contribution is 2.12. The molecule has 0 aliphatic heterocycles. The molecule has 0 aliphatic carbocycles. The van der Waals surface area contributed by atoms with Crippen LogP contribution in [-0.4, -0.2) is 16.6 Å². The number of amides is 1. The Hall–Kier alpha value is -1.97. The van der Waals surface area contributed by atoms with Gasteiger partial charge in [0.2, 0.25) is 0 Å². The second kappa shape index (κ2) is 3.18. The molecule has 1 radical (unpaired) electrons. The number of aromatic nitrogens is 2. The molecule has 0 atom stereocenters. The summed E-state index contributed by atoms with van der Waals surface area (Å²) < 4.78 is 0. The maximum absolute atomic E-state index is 10.0. The molecular weight excluding hydrogens is 166 g/mol. The fourth-order valence-electron chi connectivity index (χ4n) is 1.10. The van der Waals surface area contributed by atoms with E-state index < -0.39 is 0 Å². The molecule has 2 rings (SSSR count). The van der Waals surface area contributed by atoms with Crippen LogP contribution in [0, 0.1) is 0 Å². The lowest BCUT2D eigenvalue weighted by Crippen LogP contribution is -1.97. The predicted octanol–water partition coefficient (Wildman–Crippen LogP) is 1.11. The maximum atomic E-state index is 10.0. The SMILES string of the molecule is O=[C]Nc1cc2ccccc2nn1. The Balaban J connectivity index is 2.55. The van der Waals surface area contributed by atoms with Crippen LogP contribution in [0.3, 0.4) is 0 Å². The van der Waals surface area contributed by atoms with Crippen molar-refractivity contribution in [3.63, 3.8) is 0 Å². The first-order valence-corrected chi connectivity index (χ1v) is 3.76. The highest BCUT2D eigenvalue weighted by Gasteiger charge is 1.96. The third-order valence-corrected chi connectivity index (χ3v) is 1.67. The van der Waals surface area contributed by atoms with Gasteiger partial charge < -0.3 is 5.32 Å². The maximum Gasteiger partial charge on any atom is 0.315 e. The lowest BCUT2D eigenvalue weighted by molar-refractivity contribution is 0.560. The van der Waals surface area contributed by atoms with Crippen molar-refractivity contribution in [1.82, 2.24) is 10.2 Å². The summed E-state index contributed by atoms with van der Waals surface area (Å²) in [7, 11) is 0. The summed E-state index contributed by atoms with van der Waals surface area (Å²) in [5.74, 6) is 0.411. The molecule has 1 amide bonds. The third kappa shape index (κ3) is 1.46. The van der Waals surface area contributed by atoms with Gasteiger partial charge in [-0.15, -0.1) is 10.2 Å². The second-order valence-electron chi connectivity index (χ2n) is 2.52. The van der Waals surface area contributed by atoms with Crippen LogP contribution in [0.1, 0.15) is 0 Å². The van der Waals surface area contributed by atoms with Crippen molar-refractivity contribution in [2.75, 3.05) is 5.32 Å². The zero-order chi connectivity index (χ0) is 9.10. The molecule has 0 spiro atoms. The van der Waals surface area contributed by atoms with Gasteiger partial charge in [0.1, 0.15) is 0 Å². The monoisotopic (exact) mass is 172 g/mol. The van der Waals surface area contributed by atoms with E-state index in [9.17, 15) is 4.79 Å². The van der Waals surface area contributed by atoms with E-state index in [-0.39, 0.29) is 0 Å². The van der Waals surface area contributed by atoms with Gasteiger partial charge in [0, 0.05) is 5.39 Å². The Morgan fingerprint density at radius 3 is 2.92 bits per heavy atom. The first-order chi connectivity index (χ1) is 6.40. The molecule has 1 N–H and O–H groups in total. The smallest absolute Gasteiger partial charge is 0.301 e. The van der Waals surface area contributed by atoms with Gasteiger partial charge in [0.05, 0.1) is 5.52 Å². The lowest BCUT2D eigenvalue weighted by Gasteiger charge is -1.97. The zero-order valence-electron chi connectivity index (χ0n) is 6.69. The molecule has 0 fully saturated rings. The van der Waals surface area contributed by atoms with Gasteiger partial charge in [-0.05, 0) is 12.1 Å². The van der Waals surface area contributed by atoms with Crippen LogP contribution in [0.5, 0.6) is 0 Å². The van der Waals surface area contributed by atoms with Crippen LogP contribution in [0.15, 0.2) is 30.3 Å². The lowest BCUT2D eigenvalue weighted by atomic mass is 10.2. The minimum atomic E-state index is 0.411. The topological polar surface area (TPSA) is 54.9 Å². The summed E-state index contributed by atoms with van der Waals surface area (Å²) in [6, 6.07) is 9.29. The standard InChI is InChI=1S/C9H6N3O/c13-6-10-9-5-7-3-1-2-4-8(7)11-12-9/h1-5H,(H,10,12,13). The highest BCUT2D eigenvalue weighted by atomic mass is 16.1. The fourth-order valence-corrected chi connectivity index (χ4v) is 1.10. The molecule has 0 saturated carbocycles. The van der Waals surface area contributed by atoms with E-state index in [0.717, 1.165) is 10.9 Å². The number of nitrogens with one attached hydrogen (secondary N) is 1. The van der Waals surface area contributed by atoms with E-state index in [4.69, 9.17) is 0 Å². The number of anilines is 1. The minimum Gasteiger partial charge on any atom is -0.301 e. The molecule has 4 heteroatoms. The normalized spacial score (nSPS) is 9.85. The number of hydrogen-bond acceptors (Lipinski definition) is 3. The molecular formula is C9H6N3O. The van der Waals surface area contributed by atoms with Crippen molar-refractivity contribution in [2.24, 2.45) is 0 Å². The Bertz CT molecular complexity index is 442. The summed E-state index contributed by atoms with van der Waals surface area (Å²) in [4.78, 5) is 10.0. The average Bonchev–Trinajstić information content (AvgIpc) is 2.18. The molecule has 0 aliphatic rings. The van der Waals surface area contributed by atoms with Crippen LogP contribution >= 0.6 is 0 Å². The Morgan fingerprint density at radius 2 is 2.08 bits per heavy atom. The van der Waals surface area contributed by atoms with Crippen molar-refractivity contribution >= 4 is 23.1 Å². The Kier molecular flexibility index (Phi) is 1.88. The van der Waals surface area contributed by atoms with Crippen molar-refractivity contribution in [2.45, 2.75) is 0 Å². The fraction of sp³-hybridized carbons (Fsp3) is 0. The van der Waals surface area contributed by atoms with E-state index in [1.807, 2.05) is 24.3 Å². The molecule has 1 aromatic heterocycles. The van der Waals surface area contributed by atoms with Crippen LogP contribution in [0.25, 0.3) is 10.9 Å². The quantitative estimate of drug-likeness (QED) is 0.690. The number of fused-ring (bicyclic) bond motifs is 1. The van der Waals surface area contributed by atoms with Gasteiger partial charge in [-0.1, -0.05) is 18.2 Å². The van der Waals surface area contributed by atoms with Gasteiger partial charge in [0.25, 0.3) is 0 Å². The molecule has 1 heterocycles. The number of nitrogens with zero attached hydrogens (tertiary/aromatic N) is 2. The van der Waals surface area contributed by atoms with E-state index in [0.29, 0.717) is 5.82 Å². The number of carbonyl (C=O) groups excluding carboxylic acids is 1. The Labute approximate surface area is 74.6 Å². The third-order valence-electron chi connectivity index (χ3n) is 1.67. The van der Waals surface area contributed by atoms with Crippen LogP contribution in [0.4, 0.5) is 5.82 Å².